The third kappa shape index (κ3) is 6.69. The third-order valence-corrected chi connectivity index (χ3v) is 4.94. The van der Waals surface area contributed by atoms with Gasteiger partial charge in [-0.25, -0.2) is 4.79 Å². The molecule has 172 valence electrons. The Bertz CT molecular complexity index is 1040. The molecule has 5 heteroatoms. The number of rotatable bonds is 8. The maximum atomic E-state index is 13.3. The second-order valence-corrected chi connectivity index (χ2v) is 8.65. The molecule has 1 unspecified atom stereocenters. The molecule has 1 atom stereocenters. The Morgan fingerprint density at radius 2 is 1.36 bits per heavy atom. The van der Waals surface area contributed by atoms with Crippen molar-refractivity contribution in [3.8, 4) is 11.5 Å². The number of methoxy groups -OCH3 is 2. The fraction of sp³-hybridized carbons (Fsp3) is 0.286. The number of nitrogens with zero attached hydrogens (tertiary/aromatic N) is 1. The largest absolute Gasteiger partial charge is 0.493 e. The number of hydrogen-bond acceptors (Lipinski definition) is 5. The lowest BCUT2D eigenvalue weighted by atomic mass is 10.0. The summed E-state index contributed by atoms with van der Waals surface area (Å²) in [5.74, 6) is 0.864. The summed E-state index contributed by atoms with van der Waals surface area (Å²) in [5, 5.41) is 0. The first kappa shape index (κ1) is 24.1. The second kappa shape index (κ2) is 10.8. The van der Waals surface area contributed by atoms with Gasteiger partial charge in [0.2, 0.25) is 0 Å². The van der Waals surface area contributed by atoms with Gasteiger partial charge in [-0.2, -0.15) is 0 Å². The molecule has 0 amide bonds. The normalized spacial score (nSPS) is 11.9. The van der Waals surface area contributed by atoms with Crippen molar-refractivity contribution in [2.24, 2.45) is 4.99 Å². The smallest absolute Gasteiger partial charge is 0.331 e. The van der Waals surface area contributed by atoms with Crippen molar-refractivity contribution in [2.75, 3.05) is 14.2 Å². The van der Waals surface area contributed by atoms with E-state index in [1.807, 2.05) is 99.6 Å². The summed E-state index contributed by atoms with van der Waals surface area (Å²) in [6, 6.07) is 24.6. The van der Waals surface area contributed by atoms with E-state index in [0.717, 1.165) is 22.4 Å². The predicted molar refractivity (Wildman–Crippen MR) is 131 cm³/mol. The average Bonchev–Trinajstić information content (AvgIpc) is 2.81. The molecule has 0 fully saturated rings. The minimum Gasteiger partial charge on any atom is -0.493 e. The lowest BCUT2D eigenvalue weighted by Gasteiger charge is -2.23. The molecular formula is C28H31NO4. The van der Waals surface area contributed by atoms with Crippen molar-refractivity contribution in [3.63, 3.8) is 0 Å². The van der Waals surface area contributed by atoms with Gasteiger partial charge < -0.3 is 14.2 Å². The molecule has 0 saturated carbocycles. The highest BCUT2D eigenvalue weighted by Gasteiger charge is 2.26. The van der Waals surface area contributed by atoms with Crippen LogP contribution in [0.25, 0.3) is 0 Å². The molecule has 0 N–H and O–H groups in total. The van der Waals surface area contributed by atoms with Gasteiger partial charge >= 0.3 is 5.97 Å². The molecule has 0 aromatic heterocycles. The van der Waals surface area contributed by atoms with Gasteiger partial charge in [-0.05, 0) is 38.5 Å². The van der Waals surface area contributed by atoms with Gasteiger partial charge in [0.25, 0.3) is 0 Å². The van der Waals surface area contributed by atoms with E-state index in [2.05, 4.69) is 0 Å². The molecule has 3 aromatic carbocycles. The van der Waals surface area contributed by atoms with Gasteiger partial charge in [-0.15, -0.1) is 0 Å². The number of ether oxygens (including phenoxy) is 3. The molecule has 0 aliphatic heterocycles. The average molecular weight is 446 g/mol. The van der Waals surface area contributed by atoms with E-state index in [1.165, 1.54) is 0 Å². The molecule has 3 rings (SSSR count). The van der Waals surface area contributed by atoms with E-state index in [-0.39, 0.29) is 5.97 Å². The molecule has 0 aliphatic carbocycles. The Balaban J connectivity index is 2.07. The second-order valence-electron chi connectivity index (χ2n) is 8.65. The highest BCUT2D eigenvalue weighted by Crippen LogP contribution is 2.28. The van der Waals surface area contributed by atoms with Crippen molar-refractivity contribution >= 4 is 11.7 Å². The van der Waals surface area contributed by atoms with Crippen LogP contribution < -0.4 is 9.47 Å². The van der Waals surface area contributed by atoms with E-state index in [9.17, 15) is 4.79 Å². The predicted octanol–water partition coefficient (Wildman–Crippen LogP) is 5.49. The first-order valence-corrected chi connectivity index (χ1v) is 10.9. The van der Waals surface area contributed by atoms with Crippen molar-refractivity contribution in [1.82, 2.24) is 0 Å². The van der Waals surface area contributed by atoms with E-state index in [4.69, 9.17) is 19.2 Å². The van der Waals surface area contributed by atoms with Crippen LogP contribution in [0.2, 0.25) is 0 Å². The van der Waals surface area contributed by atoms with E-state index in [0.29, 0.717) is 17.9 Å². The highest BCUT2D eigenvalue weighted by molar-refractivity contribution is 6.13. The Kier molecular flexibility index (Phi) is 7.88. The molecule has 33 heavy (non-hydrogen) atoms. The Hall–Kier alpha value is -3.60. The quantitative estimate of drug-likeness (QED) is 0.340. The molecule has 0 aliphatic rings. The van der Waals surface area contributed by atoms with Crippen molar-refractivity contribution in [3.05, 3.63) is 95.6 Å². The highest BCUT2D eigenvalue weighted by atomic mass is 16.6. The topological polar surface area (TPSA) is 57.1 Å². The molecule has 0 saturated heterocycles. The van der Waals surface area contributed by atoms with Gasteiger partial charge in [-0.3, -0.25) is 4.99 Å². The number of carbonyl (C=O) groups excluding carboxylic acids is 1. The summed E-state index contributed by atoms with van der Waals surface area (Å²) in [6.45, 7) is 5.58. The summed E-state index contributed by atoms with van der Waals surface area (Å²) in [5.41, 5.74) is 2.89. The summed E-state index contributed by atoms with van der Waals surface area (Å²) >= 11 is 0. The zero-order valence-corrected chi connectivity index (χ0v) is 19.9. The van der Waals surface area contributed by atoms with Gasteiger partial charge in [-0.1, -0.05) is 66.7 Å². The first-order chi connectivity index (χ1) is 15.8. The lowest BCUT2D eigenvalue weighted by molar-refractivity contribution is -0.156. The van der Waals surface area contributed by atoms with Gasteiger partial charge in [0, 0.05) is 17.5 Å². The Morgan fingerprint density at radius 1 is 0.818 bits per heavy atom. The fourth-order valence-corrected chi connectivity index (χ4v) is 3.45. The zero-order valence-electron chi connectivity index (χ0n) is 19.9. The van der Waals surface area contributed by atoms with Gasteiger partial charge in [0.1, 0.15) is 5.60 Å². The molecule has 0 spiro atoms. The lowest BCUT2D eigenvalue weighted by Crippen LogP contribution is -2.33. The summed E-state index contributed by atoms with van der Waals surface area (Å²) in [7, 11) is 3.19. The number of esters is 1. The third-order valence-electron chi connectivity index (χ3n) is 4.94. The van der Waals surface area contributed by atoms with Crippen molar-refractivity contribution in [1.29, 1.82) is 0 Å². The molecule has 0 radical (unpaired) electrons. The molecule has 3 aromatic rings. The standard InChI is InChI=1S/C28H31NO4/c1-28(2,3)33-27(30)23(18-20-16-17-24(31-4)25(19-20)32-5)29-26(21-12-8-6-9-13-21)22-14-10-7-11-15-22/h6-17,19,23H,18H2,1-5H3. The molecule has 0 heterocycles. The van der Waals surface area contributed by atoms with Crippen LogP contribution in [-0.2, 0) is 16.0 Å². The van der Waals surface area contributed by atoms with E-state index in [1.54, 1.807) is 14.2 Å². The summed E-state index contributed by atoms with van der Waals surface area (Å²) in [6.07, 6.45) is 0.360. The van der Waals surface area contributed by atoms with Crippen molar-refractivity contribution < 1.29 is 19.0 Å². The minimum absolute atomic E-state index is 0.360. The van der Waals surface area contributed by atoms with Crippen LogP contribution in [0.5, 0.6) is 11.5 Å². The maximum Gasteiger partial charge on any atom is 0.331 e. The van der Waals surface area contributed by atoms with Crippen LogP contribution in [0, 0.1) is 0 Å². The Labute approximate surface area is 196 Å². The fourth-order valence-electron chi connectivity index (χ4n) is 3.45. The molecule has 5 nitrogen and oxygen atoms in total. The van der Waals surface area contributed by atoms with Crippen molar-refractivity contribution in [2.45, 2.75) is 38.8 Å². The van der Waals surface area contributed by atoms with E-state index >= 15 is 0 Å². The van der Waals surface area contributed by atoms with E-state index < -0.39 is 11.6 Å². The van der Waals surface area contributed by atoms with Crippen LogP contribution in [0.4, 0.5) is 0 Å². The monoisotopic (exact) mass is 445 g/mol. The van der Waals surface area contributed by atoms with Gasteiger partial charge in [0.15, 0.2) is 17.5 Å². The molecular weight excluding hydrogens is 414 g/mol. The zero-order chi connectivity index (χ0) is 23.8. The van der Waals surface area contributed by atoms with Crippen LogP contribution in [0.3, 0.4) is 0 Å². The van der Waals surface area contributed by atoms with Crippen LogP contribution in [0.15, 0.2) is 83.9 Å². The van der Waals surface area contributed by atoms with Gasteiger partial charge in [0.05, 0.1) is 19.9 Å². The number of hydrogen-bond donors (Lipinski definition) is 0. The van der Waals surface area contributed by atoms with Crippen LogP contribution in [-0.4, -0.2) is 37.5 Å². The summed E-state index contributed by atoms with van der Waals surface area (Å²) < 4.78 is 16.5. The van der Waals surface area contributed by atoms with Crippen LogP contribution >= 0.6 is 0 Å². The first-order valence-electron chi connectivity index (χ1n) is 10.9. The SMILES string of the molecule is COc1ccc(CC(N=C(c2ccccc2)c2ccccc2)C(=O)OC(C)(C)C)cc1OC. The van der Waals surface area contributed by atoms with Crippen LogP contribution in [0.1, 0.15) is 37.5 Å². The molecule has 0 bridgehead atoms. The number of aliphatic imine (C=N–C) groups is 1. The number of carbonyl (C=O) groups is 1. The Morgan fingerprint density at radius 3 is 1.85 bits per heavy atom. The minimum atomic E-state index is -0.738. The number of benzene rings is 3. The maximum absolute atomic E-state index is 13.3. The summed E-state index contributed by atoms with van der Waals surface area (Å²) in [4.78, 5) is 18.2.